The molecule has 1 atom stereocenters. The second-order valence-corrected chi connectivity index (χ2v) is 11.5. The molecule has 1 aromatic heterocycles. The van der Waals surface area contributed by atoms with Crippen molar-refractivity contribution >= 4 is 11.8 Å². The van der Waals surface area contributed by atoms with Crippen LogP contribution in [-0.4, -0.2) is 10.3 Å². The minimum absolute atomic E-state index is 0.00829. The van der Waals surface area contributed by atoms with Gasteiger partial charge in [0.2, 0.25) is 6.33 Å². The first-order valence-corrected chi connectivity index (χ1v) is 14.4. The van der Waals surface area contributed by atoms with Gasteiger partial charge in [-0.3, -0.25) is 0 Å². The Balaban J connectivity index is 1.43. The molecule has 3 nitrogen and oxygen atoms in total. The van der Waals surface area contributed by atoms with Crippen molar-refractivity contribution in [3.8, 4) is 0 Å². The van der Waals surface area contributed by atoms with Crippen molar-refractivity contribution < 1.29 is 9.30 Å². The largest absolute Gasteiger partial charge is 0.365 e. The molecular formula is C33H41N2OS+. The minimum atomic E-state index is -0.00829. The predicted octanol–water partition coefficient (Wildman–Crippen LogP) is 7.73. The van der Waals surface area contributed by atoms with E-state index in [1.165, 1.54) is 32.7 Å². The van der Waals surface area contributed by atoms with Crippen molar-refractivity contribution in [3.05, 3.63) is 119 Å². The van der Waals surface area contributed by atoms with E-state index in [0.717, 1.165) is 31.7 Å². The molecule has 37 heavy (non-hydrogen) atoms. The van der Waals surface area contributed by atoms with Gasteiger partial charge in [0.1, 0.15) is 25.0 Å². The average Bonchev–Trinajstić information content (AvgIpc) is 3.34. The molecule has 0 radical (unpaired) electrons. The van der Waals surface area contributed by atoms with Crippen molar-refractivity contribution in [2.24, 2.45) is 5.92 Å². The normalized spacial score (nSPS) is 12.2. The van der Waals surface area contributed by atoms with Gasteiger partial charge in [-0.2, -0.15) is 0 Å². The third kappa shape index (κ3) is 8.34. The van der Waals surface area contributed by atoms with Crippen molar-refractivity contribution in [2.45, 2.75) is 71.2 Å². The molecule has 0 aliphatic rings. The van der Waals surface area contributed by atoms with E-state index in [1.807, 2.05) is 11.8 Å². The lowest BCUT2D eigenvalue weighted by atomic mass is 9.95. The molecule has 0 amide bonds. The Hall–Kier alpha value is -2.82. The number of ether oxygens (including phenoxy) is 1. The summed E-state index contributed by atoms with van der Waals surface area (Å²) in [7, 11) is 0. The van der Waals surface area contributed by atoms with Crippen LogP contribution < -0.4 is 4.57 Å². The number of benzene rings is 3. The second kappa shape index (κ2) is 13.6. The van der Waals surface area contributed by atoms with Gasteiger partial charge in [0.15, 0.2) is 0 Å². The van der Waals surface area contributed by atoms with Crippen molar-refractivity contribution in [1.82, 2.24) is 4.57 Å². The van der Waals surface area contributed by atoms with Crippen LogP contribution in [0.25, 0.3) is 0 Å². The number of hydrogen-bond donors (Lipinski definition) is 0. The highest BCUT2D eigenvalue weighted by atomic mass is 32.2. The predicted molar refractivity (Wildman–Crippen MR) is 155 cm³/mol. The summed E-state index contributed by atoms with van der Waals surface area (Å²) in [5, 5.41) is 0. The fourth-order valence-corrected chi connectivity index (χ4v) is 5.49. The molecule has 4 aromatic rings. The Morgan fingerprint density at radius 1 is 0.919 bits per heavy atom. The lowest BCUT2D eigenvalue weighted by Gasteiger charge is -2.21. The van der Waals surface area contributed by atoms with E-state index in [2.05, 4.69) is 128 Å². The molecule has 0 aliphatic heterocycles. The number of thioether (sulfide) groups is 1. The molecule has 194 valence electrons. The summed E-state index contributed by atoms with van der Waals surface area (Å²) in [5.74, 6) is 1.72. The van der Waals surface area contributed by atoms with Gasteiger partial charge >= 0.3 is 0 Å². The number of imidazole rings is 1. The zero-order valence-electron chi connectivity index (χ0n) is 22.8. The first-order valence-electron chi connectivity index (χ1n) is 13.5. The summed E-state index contributed by atoms with van der Waals surface area (Å²) in [4.78, 5) is 1.34. The topological polar surface area (TPSA) is 18.0 Å². The maximum Gasteiger partial charge on any atom is 0.243 e. The average molecular weight is 514 g/mol. The van der Waals surface area contributed by atoms with Gasteiger partial charge < -0.3 is 4.74 Å². The standard InChI is InChI=1S/C33H41N2OS/c1-26(2)21-30-11-8-9-14-32(30)33(36-24-29-16-15-27(3)28(4)22-29)23-35-19-18-34(25-35)17-10-20-37-31-12-6-5-7-13-31/h5-9,11-16,18-19,22,25-26,33H,10,17,20-21,23-24H2,1-4H3/q+1. The minimum Gasteiger partial charge on any atom is -0.365 e. The van der Waals surface area contributed by atoms with Gasteiger partial charge in [-0.25, -0.2) is 9.13 Å². The zero-order chi connectivity index (χ0) is 26.0. The Bertz CT molecular complexity index is 1250. The quantitative estimate of drug-likeness (QED) is 0.103. The highest BCUT2D eigenvalue weighted by Gasteiger charge is 2.20. The van der Waals surface area contributed by atoms with E-state index in [-0.39, 0.29) is 6.10 Å². The van der Waals surface area contributed by atoms with Crippen LogP contribution in [0.15, 0.2) is 96.4 Å². The summed E-state index contributed by atoms with van der Waals surface area (Å²) in [5.41, 5.74) is 6.56. The van der Waals surface area contributed by atoms with E-state index in [9.17, 15) is 0 Å². The third-order valence-corrected chi connectivity index (χ3v) is 7.85. The van der Waals surface area contributed by atoms with Gasteiger partial charge in [0.05, 0.1) is 13.2 Å². The summed E-state index contributed by atoms with van der Waals surface area (Å²) in [6.45, 7) is 11.3. The summed E-state index contributed by atoms with van der Waals surface area (Å²) in [6, 6.07) is 26.1. The Kier molecular flexibility index (Phi) is 10.0. The van der Waals surface area contributed by atoms with Gasteiger partial charge in [-0.1, -0.05) is 74.5 Å². The lowest BCUT2D eigenvalue weighted by molar-refractivity contribution is -0.704. The molecule has 0 spiro atoms. The number of nitrogens with zero attached hydrogens (tertiary/aromatic N) is 2. The third-order valence-electron chi connectivity index (χ3n) is 6.75. The molecule has 4 heteroatoms. The van der Waals surface area contributed by atoms with Crippen LogP contribution in [-0.2, 0) is 30.9 Å². The Labute approximate surface area is 227 Å². The summed E-state index contributed by atoms with van der Waals surface area (Å²) >= 11 is 1.93. The Morgan fingerprint density at radius 3 is 2.49 bits per heavy atom. The van der Waals surface area contributed by atoms with Crippen LogP contribution in [0.3, 0.4) is 0 Å². The lowest BCUT2D eigenvalue weighted by Crippen LogP contribution is -2.36. The molecule has 0 aliphatic carbocycles. The molecule has 0 saturated heterocycles. The van der Waals surface area contributed by atoms with E-state index in [1.54, 1.807) is 0 Å². The highest BCUT2D eigenvalue weighted by molar-refractivity contribution is 7.99. The molecule has 0 bridgehead atoms. The molecule has 0 saturated carbocycles. The molecule has 1 unspecified atom stereocenters. The van der Waals surface area contributed by atoms with Crippen molar-refractivity contribution in [1.29, 1.82) is 0 Å². The zero-order valence-corrected chi connectivity index (χ0v) is 23.6. The van der Waals surface area contributed by atoms with Gasteiger partial charge in [-0.05, 0) is 72.6 Å². The highest BCUT2D eigenvalue weighted by Crippen LogP contribution is 2.26. The SMILES string of the molecule is Cc1ccc(COC(C[n+]2ccn(CCCSc3ccccc3)c2)c2ccccc2CC(C)C)cc1C. The first kappa shape index (κ1) is 27.2. The van der Waals surface area contributed by atoms with E-state index < -0.39 is 0 Å². The van der Waals surface area contributed by atoms with Crippen LogP contribution in [0, 0.1) is 19.8 Å². The molecular weight excluding hydrogens is 472 g/mol. The first-order chi connectivity index (χ1) is 18.0. The molecule has 4 rings (SSSR count). The van der Waals surface area contributed by atoms with Gasteiger partial charge in [0, 0.05) is 10.6 Å². The fourth-order valence-electron chi connectivity index (χ4n) is 4.63. The van der Waals surface area contributed by atoms with Crippen LogP contribution in [0.2, 0.25) is 0 Å². The number of aromatic nitrogens is 2. The fraction of sp³-hybridized carbons (Fsp3) is 0.364. The number of rotatable bonds is 13. The number of hydrogen-bond acceptors (Lipinski definition) is 2. The molecule has 1 heterocycles. The molecule has 0 fully saturated rings. The van der Waals surface area contributed by atoms with Crippen LogP contribution in [0.4, 0.5) is 0 Å². The van der Waals surface area contributed by atoms with E-state index >= 15 is 0 Å². The maximum atomic E-state index is 6.66. The summed E-state index contributed by atoms with van der Waals surface area (Å²) < 4.78 is 11.2. The monoisotopic (exact) mass is 513 g/mol. The Morgan fingerprint density at radius 2 is 1.70 bits per heavy atom. The molecule has 0 N–H and O–H groups in total. The van der Waals surface area contributed by atoms with Crippen LogP contribution >= 0.6 is 11.8 Å². The van der Waals surface area contributed by atoms with E-state index in [4.69, 9.17) is 4.74 Å². The van der Waals surface area contributed by atoms with Crippen LogP contribution in [0.1, 0.15) is 54.2 Å². The van der Waals surface area contributed by atoms with Crippen molar-refractivity contribution in [2.75, 3.05) is 5.75 Å². The van der Waals surface area contributed by atoms with Gasteiger partial charge in [-0.15, -0.1) is 11.8 Å². The van der Waals surface area contributed by atoms with Gasteiger partial charge in [0.25, 0.3) is 0 Å². The molecule has 3 aromatic carbocycles. The maximum absolute atomic E-state index is 6.66. The van der Waals surface area contributed by atoms with Crippen molar-refractivity contribution in [3.63, 3.8) is 0 Å². The summed E-state index contributed by atoms with van der Waals surface area (Å²) in [6.07, 6.45) is 8.79. The smallest absolute Gasteiger partial charge is 0.243 e. The number of aryl methyl sites for hydroxylation is 3. The van der Waals surface area contributed by atoms with Crippen LogP contribution in [0.5, 0.6) is 0 Å². The second-order valence-electron chi connectivity index (χ2n) is 10.4. The van der Waals surface area contributed by atoms with E-state index in [0.29, 0.717) is 12.5 Å².